The topological polar surface area (TPSA) is 59.0 Å². The van der Waals surface area contributed by atoms with Crippen molar-refractivity contribution in [1.29, 1.82) is 0 Å². The van der Waals surface area contributed by atoms with Gasteiger partial charge in [-0.05, 0) is 20.3 Å². The van der Waals surface area contributed by atoms with Gasteiger partial charge < -0.3 is 19.5 Å². The summed E-state index contributed by atoms with van der Waals surface area (Å²) in [5, 5.41) is 10.3. The van der Waals surface area contributed by atoms with Crippen LogP contribution in [0.15, 0.2) is 6.07 Å². The summed E-state index contributed by atoms with van der Waals surface area (Å²) in [6.07, 6.45) is 0.582. The van der Waals surface area contributed by atoms with Gasteiger partial charge in [0.25, 0.3) is 0 Å². The van der Waals surface area contributed by atoms with Crippen LogP contribution in [0.2, 0.25) is 0 Å². The van der Waals surface area contributed by atoms with Crippen LogP contribution in [0.3, 0.4) is 0 Å². The minimum Gasteiger partial charge on any atom is -0.504 e. The molecule has 1 aromatic carbocycles. The third-order valence-corrected chi connectivity index (χ3v) is 3.98. The molecule has 1 aliphatic rings. The van der Waals surface area contributed by atoms with Gasteiger partial charge in [0.2, 0.25) is 5.91 Å². The zero-order chi connectivity index (χ0) is 15.0. The lowest BCUT2D eigenvalue weighted by Crippen LogP contribution is -2.44. The molecule has 0 spiro atoms. The van der Waals surface area contributed by atoms with Crippen LogP contribution < -0.4 is 9.47 Å². The number of nitrogens with zero attached hydrogens (tertiary/aromatic N) is 1. The fraction of sp³-hybridized carbons (Fsp3) is 0.533. The second-order valence-corrected chi connectivity index (χ2v) is 5.18. The number of aromatic hydroxyl groups is 1. The van der Waals surface area contributed by atoms with Crippen LogP contribution in [0.1, 0.15) is 37.9 Å². The number of amides is 1. The molecule has 110 valence electrons. The molecule has 0 aromatic heterocycles. The molecular weight excluding hydrogens is 258 g/mol. The number of benzene rings is 1. The van der Waals surface area contributed by atoms with Crippen LogP contribution >= 0.6 is 0 Å². The van der Waals surface area contributed by atoms with Gasteiger partial charge in [-0.1, -0.05) is 0 Å². The van der Waals surface area contributed by atoms with Crippen molar-refractivity contribution < 1.29 is 19.4 Å². The molecule has 2 rings (SSSR count). The summed E-state index contributed by atoms with van der Waals surface area (Å²) in [5.41, 5.74) is 1.66. The molecule has 0 bridgehead atoms. The predicted molar refractivity (Wildman–Crippen MR) is 75.3 cm³/mol. The monoisotopic (exact) mass is 279 g/mol. The van der Waals surface area contributed by atoms with Gasteiger partial charge in [0.15, 0.2) is 11.5 Å². The Hall–Kier alpha value is -1.91. The Kier molecular flexibility index (Phi) is 3.79. The van der Waals surface area contributed by atoms with Crippen molar-refractivity contribution in [3.8, 4) is 17.2 Å². The molecule has 1 N–H and O–H groups in total. The highest BCUT2D eigenvalue weighted by atomic mass is 16.5. The van der Waals surface area contributed by atoms with Gasteiger partial charge in [-0.25, -0.2) is 0 Å². The van der Waals surface area contributed by atoms with Crippen molar-refractivity contribution >= 4 is 5.91 Å². The lowest BCUT2D eigenvalue weighted by molar-refractivity contribution is -0.133. The highest BCUT2D eigenvalue weighted by Gasteiger charge is 2.35. The number of rotatable bonds is 2. The highest BCUT2D eigenvalue weighted by molar-refractivity contribution is 5.75. The van der Waals surface area contributed by atoms with Crippen LogP contribution in [0, 0.1) is 0 Å². The molecule has 0 radical (unpaired) electrons. The number of carbonyl (C=O) groups is 1. The highest BCUT2D eigenvalue weighted by Crippen LogP contribution is 2.46. The van der Waals surface area contributed by atoms with E-state index in [0.29, 0.717) is 17.9 Å². The average Bonchev–Trinajstić information content (AvgIpc) is 2.39. The number of hydrogen-bond acceptors (Lipinski definition) is 4. The fourth-order valence-corrected chi connectivity index (χ4v) is 3.18. The van der Waals surface area contributed by atoms with Crippen LogP contribution in [0.4, 0.5) is 0 Å². The maximum atomic E-state index is 11.8. The van der Waals surface area contributed by atoms with E-state index in [2.05, 4.69) is 0 Å². The lowest BCUT2D eigenvalue weighted by atomic mass is 9.87. The Morgan fingerprint density at radius 3 is 2.40 bits per heavy atom. The second-order valence-electron chi connectivity index (χ2n) is 5.18. The van der Waals surface area contributed by atoms with E-state index in [1.807, 2.05) is 18.7 Å². The van der Waals surface area contributed by atoms with Crippen LogP contribution in [0.25, 0.3) is 0 Å². The quantitative estimate of drug-likeness (QED) is 0.902. The number of carbonyl (C=O) groups excluding carboxylic acids is 1. The molecule has 0 saturated heterocycles. The van der Waals surface area contributed by atoms with Crippen molar-refractivity contribution in [3.05, 3.63) is 17.2 Å². The maximum absolute atomic E-state index is 11.8. The zero-order valence-corrected chi connectivity index (χ0v) is 12.6. The zero-order valence-electron chi connectivity index (χ0n) is 12.6. The van der Waals surface area contributed by atoms with Crippen LogP contribution in [0.5, 0.6) is 17.2 Å². The summed E-state index contributed by atoms with van der Waals surface area (Å²) >= 11 is 0. The molecule has 0 aliphatic carbocycles. The van der Waals surface area contributed by atoms with Crippen molar-refractivity contribution in [2.75, 3.05) is 14.2 Å². The molecule has 2 atom stereocenters. The standard InChI is InChI=1S/C15H21NO4/c1-8-6-11-14(9(2)16(8)10(3)17)12(19-4)7-13(20-5)15(11)18/h7-9,18H,6H2,1-5H3/t8-,9-/m1/s1. The summed E-state index contributed by atoms with van der Waals surface area (Å²) in [6.45, 7) is 5.49. The number of methoxy groups -OCH3 is 2. The van der Waals surface area contributed by atoms with E-state index in [1.54, 1.807) is 20.1 Å². The van der Waals surface area contributed by atoms with E-state index < -0.39 is 0 Å². The number of hydrogen-bond donors (Lipinski definition) is 1. The third-order valence-electron chi connectivity index (χ3n) is 3.98. The molecule has 0 saturated carbocycles. The number of phenols is 1. The molecule has 1 aliphatic heterocycles. The van der Waals surface area contributed by atoms with E-state index in [0.717, 1.165) is 11.1 Å². The Bertz CT molecular complexity index is 541. The molecule has 1 amide bonds. The largest absolute Gasteiger partial charge is 0.504 e. The van der Waals surface area contributed by atoms with Gasteiger partial charge in [0, 0.05) is 30.2 Å². The predicted octanol–water partition coefficient (Wildman–Crippen LogP) is 2.26. The second kappa shape index (κ2) is 5.23. The van der Waals surface area contributed by atoms with Gasteiger partial charge in [-0.2, -0.15) is 0 Å². The fourth-order valence-electron chi connectivity index (χ4n) is 3.18. The summed E-state index contributed by atoms with van der Waals surface area (Å²) in [6, 6.07) is 1.55. The van der Waals surface area contributed by atoms with E-state index in [1.165, 1.54) is 7.11 Å². The van der Waals surface area contributed by atoms with Crippen LogP contribution in [-0.2, 0) is 11.2 Å². The van der Waals surface area contributed by atoms with E-state index in [4.69, 9.17) is 9.47 Å². The molecule has 0 unspecified atom stereocenters. The SMILES string of the molecule is COc1cc(OC)c2c(c1O)C[C@@H](C)N(C(C)=O)[C@@H]2C. The smallest absolute Gasteiger partial charge is 0.220 e. The van der Waals surface area contributed by atoms with Crippen molar-refractivity contribution in [2.24, 2.45) is 0 Å². The minimum absolute atomic E-state index is 0.0213. The lowest BCUT2D eigenvalue weighted by Gasteiger charge is -2.40. The first-order valence-corrected chi connectivity index (χ1v) is 6.68. The number of ether oxygens (including phenoxy) is 2. The first-order valence-electron chi connectivity index (χ1n) is 6.68. The first kappa shape index (κ1) is 14.5. The van der Waals surface area contributed by atoms with Crippen molar-refractivity contribution in [1.82, 2.24) is 4.90 Å². The molecule has 1 aromatic rings. The van der Waals surface area contributed by atoms with Gasteiger partial charge in [0.05, 0.1) is 20.3 Å². The molecule has 5 nitrogen and oxygen atoms in total. The van der Waals surface area contributed by atoms with Crippen molar-refractivity contribution in [3.63, 3.8) is 0 Å². The molecule has 1 heterocycles. The molecular formula is C15H21NO4. The first-order chi connectivity index (χ1) is 9.42. The summed E-state index contributed by atoms with van der Waals surface area (Å²) in [5.74, 6) is 1.20. The molecule has 5 heteroatoms. The minimum atomic E-state index is -0.141. The summed E-state index contributed by atoms with van der Waals surface area (Å²) in [4.78, 5) is 13.7. The average molecular weight is 279 g/mol. The van der Waals surface area contributed by atoms with Gasteiger partial charge in [-0.15, -0.1) is 0 Å². The Labute approximate surface area is 119 Å². The van der Waals surface area contributed by atoms with Crippen molar-refractivity contribution in [2.45, 2.75) is 39.3 Å². The van der Waals surface area contributed by atoms with Gasteiger partial charge in [-0.3, -0.25) is 4.79 Å². The Balaban J connectivity index is 2.65. The maximum Gasteiger partial charge on any atom is 0.220 e. The van der Waals surface area contributed by atoms with Crippen LogP contribution in [-0.4, -0.2) is 36.2 Å². The molecule has 0 fully saturated rings. The molecule has 20 heavy (non-hydrogen) atoms. The van der Waals surface area contributed by atoms with Gasteiger partial charge >= 0.3 is 0 Å². The summed E-state index contributed by atoms with van der Waals surface area (Å²) in [7, 11) is 3.09. The third kappa shape index (κ3) is 2.07. The number of phenolic OH excluding ortho intramolecular Hbond substituents is 1. The van der Waals surface area contributed by atoms with E-state index in [9.17, 15) is 9.90 Å². The van der Waals surface area contributed by atoms with E-state index in [-0.39, 0.29) is 23.7 Å². The van der Waals surface area contributed by atoms with E-state index >= 15 is 0 Å². The normalized spacial score (nSPS) is 21.4. The Morgan fingerprint density at radius 2 is 1.90 bits per heavy atom. The van der Waals surface area contributed by atoms with Gasteiger partial charge in [0.1, 0.15) is 5.75 Å². The summed E-state index contributed by atoms with van der Waals surface area (Å²) < 4.78 is 10.6. The Morgan fingerprint density at radius 1 is 1.30 bits per heavy atom. The number of fused-ring (bicyclic) bond motifs is 1.